The molecule has 0 bridgehead atoms. The molecule has 2 aromatic carbocycles. The van der Waals surface area contributed by atoms with E-state index in [-0.39, 0.29) is 6.10 Å². The summed E-state index contributed by atoms with van der Waals surface area (Å²) in [5.74, 6) is 0.354. The zero-order chi connectivity index (χ0) is 18.9. The highest BCUT2D eigenvalue weighted by Gasteiger charge is 2.30. The molecule has 0 aliphatic rings. The Morgan fingerprint density at radius 1 is 0.962 bits per heavy atom. The molecule has 136 valence electrons. The first-order chi connectivity index (χ1) is 12.3. The van der Waals surface area contributed by atoms with Gasteiger partial charge in [-0.1, -0.05) is 29.3 Å². The molecular formula is C19H14Cl2F3NO. The molecule has 1 N–H and O–H groups in total. The lowest BCUT2D eigenvalue weighted by atomic mass is 10.0. The van der Waals surface area contributed by atoms with Gasteiger partial charge in [0.2, 0.25) is 0 Å². The van der Waals surface area contributed by atoms with E-state index in [1.165, 1.54) is 12.1 Å². The molecule has 0 radical (unpaired) electrons. The number of nitrogens with one attached hydrogen (secondary N) is 1. The van der Waals surface area contributed by atoms with Gasteiger partial charge in [-0.3, -0.25) is 0 Å². The second-order valence-corrected chi connectivity index (χ2v) is 6.55. The molecule has 0 aliphatic carbocycles. The standard InChI is InChI=1S/C19H14Cl2F3NO/c1-11(26-14-5-3-13(4-6-14)19(22,23)24)15-9-25-10-16(15)12-2-7-17(20)18(21)8-12/h2-11,25H,1H3. The van der Waals surface area contributed by atoms with E-state index in [0.717, 1.165) is 28.8 Å². The molecule has 1 aromatic heterocycles. The Labute approximate surface area is 158 Å². The summed E-state index contributed by atoms with van der Waals surface area (Å²) in [6.07, 6.45) is -1.16. The highest BCUT2D eigenvalue weighted by atomic mass is 35.5. The van der Waals surface area contributed by atoms with Gasteiger partial charge in [-0.2, -0.15) is 13.2 Å². The molecule has 2 nitrogen and oxygen atoms in total. The van der Waals surface area contributed by atoms with E-state index in [9.17, 15) is 13.2 Å². The van der Waals surface area contributed by atoms with Gasteiger partial charge < -0.3 is 9.72 Å². The van der Waals surface area contributed by atoms with Gasteiger partial charge in [0.15, 0.2) is 0 Å². The number of halogens is 5. The lowest BCUT2D eigenvalue weighted by Crippen LogP contribution is -2.06. The van der Waals surface area contributed by atoms with E-state index in [2.05, 4.69) is 4.98 Å². The molecule has 3 aromatic rings. The van der Waals surface area contributed by atoms with Crippen molar-refractivity contribution >= 4 is 23.2 Å². The summed E-state index contributed by atoms with van der Waals surface area (Å²) in [4.78, 5) is 3.02. The zero-order valence-corrected chi connectivity index (χ0v) is 15.1. The number of rotatable bonds is 4. The van der Waals surface area contributed by atoms with E-state index in [0.29, 0.717) is 15.8 Å². The van der Waals surface area contributed by atoms with Gasteiger partial charge in [-0.05, 0) is 48.9 Å². The first-order valence-electron chi connectivity index (χ1n) is 7.71. The number of alkyl halides is 3. The maximum Gasteiger partial charge on any atom is 0.416 e. The SMILES string of the molecule is CC(Oc1ccc(C(F)(F)F)cc1)c1c[nH]cc1-c1ccc(Cl)c(Cl)c1. The molecule has 0 saturated carbocycles. The topological polar surface area (TPSA) is 25.0 Å². The molecule has 0 fully saturated rings. The van der Waals surface area contributed by atoms with E-state index in [4.69, 9.17) is 27.9 Å². The molecule has 0 aliphatic heterocycles. The van der Waals surface area contributed by atoms with Crippen molar-refractivity contribution in [2.45, 2.75) is 19.2 Å². The van der Waals surface area contributed by atoms with Gasteiger partial charge in [0, 0.05) is 23.5 Å². The van der Waals surface area contributed by atoms with Crippen molar-refractivity contribution in [3.05, 3.63) is 76.0 Å². The summed E-state index contributed by atoms with van der Waals surface area (Å²) >= 11 is 12.0. The summed E-state index contributed by atoms with van der Waals surface area (Å²) in [6, 6.07) is 9.91. The maximum absolute atomic E-state index is 12.6. The quantitative estimate of drug-likeness (QED) is 0.494. The van der Waals surface area contributed by atoms with Crippen LogP contribution in [0.3, 0.4) is 0 Å². The Hall–Kier alpha value is -2.11. The third-order valence-electron chi connectivity index (χ3n) is 3.94. The average Bonchev–Trinajstić information content (AvgIpc) is 3.07. The first-order valence-corrected chi connectivity index (χ1v) is 8.47. The third-order valence-corrected chi connectivity index (χ3v) is 4.68. The first kappa shape index (κ1) is 18.7. The molecule has 7 heteroatoms. The van der Waals surface area contributed by atoms with E-state index in [1.54, 1.807) is 18.3 Å². The van der Waals surface area contributed by atoms with Crippen molar-refractivity contribution in [2.24, 2.45) is 0 Å². The molecule has 1 atom stereocenters. The second-order valence-electron chi connectivity index (χ2n) is 5.74. The minimum atomic E-state index is -4.37. The van der Waals surface area contributed by atoms with Crippen molar-refractivity contribution < 1.29 is 17.9 Å². The van der Waals surface area contributed by atoms with Crippen LogP contribution in [0.4, 0.5) is 13.2 Å². The van der Waals surface area contributed by atoms with Crippen LogP contribution in [-0.4, -0.2) is 4.98 Å². The number of aromatic amines is 1. The smallest absolute Gasteiger partial charge is 0.416 e. The molecule has 3 rings (SSSR count). The average molecular weight is 400 g/mol. The number of hydrogen-bond acceptors (Lipinski definition) is 1. The summed E-state index contributed by atoms with van der Waals surface area (Å²) in [5.41, 5.74) is 1.88. The number of ether oxygens (including phenoxy) is 1. The van der Waals surface area contributed by atoms with Crippen LogP contribution in [0.25, 0.3) is 11.1 Å². The van der Waals surface area contributed by atoms with Gasteiger partial charge in [-0.15, -0.1) is 0 Å². The van der Waals surface area contributed by atoms with Gasteiger partial charge in [0.25, 0.3) is 0 Å². The summed E-state index contributed by atoms with van der Waals surface area (Å²) in [6.45, 7) is 1.82. The lowest BCUT2D eigenvalue weighted by molar-refractivity contribution is -0.137. The second kappa shape index (κ2) is 7.25. The third kappa shape index (κ3) is 4.00. The predicted molar refractivity (Wildman–Crippen MR) is 96.7 cm³/mol. The van der Waals surface area contributed by atoms with Crippen LogP contribution >= 0.6 is 23.2 Å². The Morgan fingerprint density at radius 3 is 2.27 bits per heavy atom. The van der Waals surface area contributed by atoms with Crippen LogP contribution in [0, 0.1) is 0 Å². The number of benzene rings is 2. The highest BCUT2D eigenvalue weighted by Crippen LogP contribution is 2.35. The molecule has 1 unspecified atom stereocenters. The summed E-state index contributed by atoms with van der Waals surface area (Å²) in [7, 11) is 0. The normalized spacial score (nSPS) is 12.8. The molecule has 0 saturated heterocycles. The number of H-pyrrole nitrogens is 1. The van der Waals surface area contributed by atoms with E-state index in [1.807, 2.05) is 19.2 Å². The zero-order valence-electron chi connectivity index (χ0n) is 13.6. The van der Waals surface area contributed by atoms with Crippen LogP contribution in [0.15, 0.2) is 54.9 Å². The molecule has 0 amide bonds. The molecule has 0 spiro atoms. The summed E-state index contributed by atoms with van der Waals surface area (Å²) < 4.78 is 43.7. The molecule has 26 heavy (non-hydrogen) atoms. The highest BCUT2D eigenvalue weighted by molar-refractivity contribution is 6.42. The van der Waals surface area contributed by atoms with Crippen molar-refractivity contribution in [3.63, 3.8) is 0 Å². The fourth-order valence-electron chi connectivity index (χ4n) is 2.62. The van der Waals surface area contributed by atoms with E-state index < -0.39 is 11.7 Å². The number of hydrogen-bond donors (Lipinski definition) is 1. The van der Waals surface area contributed by atoms with Crippen LogP contribution in [0.5, 0.6) is 5.75 Å². The maximum atomic E-state index is 12.6. The fraction of sp³-hybridized carbons (Fsp3) is 0.158. The summed E-state index contributed by atoms with van der Waals surface area (Å²) in [5, 5.41) is 0.897. The van der Waals surface area contributed by atoms with Crippen molar-refractivity contribution in [1.82, 2.24) is 4.98 Å². The van der Waals surface area contributed by atoms with Crippen molar-refractivity contribution in [1.29, 1.82) is 0 Å². The van der Waals surface area contributed by atoms with Crippen LogP contribution in [0.2, 0.25) is 10.0 Å². The van der Waals surface area contributed by atoms with Gasteiger partial charge in [-0.25, -0.2) is 0 Å². The van der Waals surface area contributed by atoms with Gasteiger partial charge in [0.05, 0.1) is 15.6 Å². The van der Waals surface area contributed by atoms with Gasteiger partial charge >= 0.3 is 6.18 Å². The van der Waals surface area contributed by atoms with E-state index >= 15 is 0 Å². The minimum absolute atomic E-state index is 0.354. The Bertz CT molecular complexity index is 904. The Balaban J connectivity index is 1.82. The predicted octanol–water partition coefficient (Wildman–Crippen LogP) is 7.15. The minimum Gasteiger partial charge on any atom is -0.486 e. The fourth-order valence-corrected chi connectivity index (χ4v) is 2.91. The monoisotopic (exact) mass is 399 g/mol. The van der Waals surface area contributed by atoms with Crippen LogP contribution in [-0.2, 0) is 6.18 Å². The van der Waals surface area contributed by atoms with Gasteiger partial charge in [0.1, 0.15) is 11.9 Å². The Kier molecular flexibility index (Phi) is 5.21. The largest absolute Gasteiger partial charge is 0.486 e. The van der Waals surface area contributed by atoms with Crippen molar-refractivity contribution in [3.8, 4) is 16.9 Å². The van der Waals surface area contributed by atoms with Crippen molar-refractivity contribution in [2.75, 3.05) is 0 Å². The molecular weight excluding hydrogens is 386 g/mol. The molecule has 1 heterocycles. The van der Waals surface area contributed by atoms with Crippen LogP contribution < -0.4 is 4.74 Å². The Morgan fingerprint density at radius 2 is 1.65 bits per heavy atom. The lowest BCUT2D eigenvalue weighted by Gasteiger charge is -2.16. The number of aromatic nitrogens is 1. The van der Waals surface area contributed by atoms with Crippen LogP contribution in [0.1, 0.15) is 24.2 Å².